The quantitative estimate of drug-likeness (QED) is 0.771. The average Bonchev–Trinajstić information content (AvgIpc) is 3.08. The van der Waals surface area contributed by atoms with Gasteiger partial charge < -0.3 is 4.90 Å². The van der Waals surface area contributed by atoms with Crippen molar-refractivity contribution in [2.45, 2.75) is 33.1 Å². The molecule has 0 bridgehead atoms. The summed E-state index contributed by atoms with van der Waals surface area (Å²) in [5, 5.41) is 1.52. The molecule has 1 aliphatic rings. The van der Waals surface area contributed by atoms with Gasteiger partial charge in [-0.15, -0.1) is 11.3 Å². The first-order valence-electron chi connectivity index (χ1n) is 6.86. The van der Waals surface area contributed by atoms with Crippen molar-refractivity contribution in [2.24, 2.45) is 5.92 Å². The van der Waals surface area contributed by atoms with Crippen LogP contribution in [0.4, 0.5) is 5.82 Å². The first kappa shape index (κ1) is 13.1. The number of hydrogen-bond acceptors (Lipinski definition) is 4. The van der Waals surface area contributed by atoms with Crippen LogP contribution >= 0.6 is 22.9 Å². The molecule has 3 nitrogen and oxygen atoms in total. The predicted octanol–water partition coefficient (Wildman–Crippen LogP) is 4.28. The summed E-state index contributed by atoms with van der Waals surface area (Å²) >= 11 is 7.78. The van der Waals surface area contributed by atoms with Crippen LogP contribution in [0.25, 0.3) is 10.2 Å². The van der Waals surface area contributed by atoms with Crippen LogP contribution < -0.4 is 4.90 Å². The fraction of sp³-hybridized carbons (Fsp3) is 0.571. The van der Waals surface area contributed by atoms with Crippen LogP contribution in [-0.2, 0) is 0 Å². The van der Waals surface area contributed by atoms with E-state index in [1.165, 1.54) is 17.7 Å². The van der Waals surface area contributed by atoms with E-state index in [1.807, 2.05) is 0 Å². The molecule has 5 heteroatoms. The highest BCUT2D eigenvalue weighted by atomic mass is 35.5. The summed E-state index contributed by atoms with van der Waals surface area (Å²) in [5.41, 5.74) is 0. The Balaban J connectivity index is 2.03. The van der Waals surface area contributed by atoms with E-state index in [2.05, 4.69) is 34.8 Å². The zero-order valence-corrected chi connectivity index (χ0v) is 12.9. The Bertz CT molecular complexity index is 592. The van der Waals surface area contributed by atoms with Gasteiger partial charge in [0.15, 0.2) is 0 Å². The topological polar surface area (TPSA) is 29.0 Å². The highest BCUT2D eigenvalue weighted by Crippen LogP contribution is 2.35. The van der Waals surface area contributed by atoms with Crippen LogP contribution in [0.3, 0.4) is 0 Å². The minimum absolute atomic E-state index is 0.362. The molecule has 0 radical (unpaired) electrons. The van der Waals surface area contributed by atoms with Gasteiger partial charge in [-0.05, 0) is 49.8 Å². The van der Waals surface area contributed by atoms with E-state index in [4.69, 9.17) is 11.6 Å². The van der Waals surface area contributed by atoms with Crippen molar-refractivity contribution in [3.05, 3.63) is 16.2 Å². The van der Waals surface area contributed by atoms with E-state index in [0.29, 0.717) is 5.28 Å². The van der Waals surface area contributed by atoms with E-state index >= 15 is 0 Å². The Morgan fingerprint density at radius 3 is 2.89 bits per heavy atom. The number of nitrogens with zero attached hydrogens (tertiary/aromatic N) is 3. The minimum atomic E-state index is 0.362. The number of thiophene rings is 1. The fourth-order valence-electron chi connectivity index (χ4n) is 2.41. The van der Waals surface area contributed by atoms with E-state index in [1.54, 1.807) is 11.3 Å². The highest BCUT2D eigenvalue weighted by molar-refractivity contribution is 7.18. The van der Waals surface area contributed by atoms with Crippen molar-refractivity contribution < 1.29 is 0 Å². The number of fused-ring (bicyclic) bond motifs is 1. The lowest BCUT2D eigenvalue weighted by molar-refractivity contribution is 0.701. The largest absolute Gasteiger partial charge is 0.356 e. The molecule has 0 amide bonds. The lowest BCUT2D eigenvalue weighted by Crippen LogP contribution is -2.27. The zero-order valence-electron chi connectivity index (χ0n) is 11.3. The number of rotatable bonds is 5. The molecule has 0 saturated heterocycles. The number of hydrogen-bond donors (Lipinski definition) is 0. The normalized spacial score (nSPS) is 15.1. The van der Waals surface area contributed by atoms with Gasteiger partial charge in [0.1, 0.15) is 10.6 Å². The molecule has 19 heavy (non-hydrogen) atoms. The summed E-state index contributed by atoms with van der Waals surface area (Å²) in [7, 11) is 0. The van der Waals surface area contributed by atoms with Gasteiger partial charge in [-0.25, -0.2) is 4.98 Å². The summed E-state index contributed by atoms with van der Waals surface area (Å²) in [5.74, 6) is 1.86. The maximum absolute atomic E-state index is 6.09. The van der Waals surface area contributed by atoms with E-state index in [-0.39, 0.29) is 0 Å². The monoisotopic (exact) mass is 295 g/mol. The Morgan fingerprint density at radius 2 is 2.21 bits per heavy atom. The second-order valence-corrected chi connectivity index (χ2v) is 6.85. The van der Waals surface area contributed by atoms with Gasteiger partial charge in [0, 0.05) is 18.0 Å². The Morgan fingerprint density at radius 1 is 1.42 bits per heavy atom. The molecule has 2 aromatic rings. The van der Waals surface area contributed by atoms with Crippen molar-refractivity contribution in [3.63, 3.8) is 0 Å². The van der Waals surface area contributed by atoms with Crippen molar-refractivity contribution >= 4 is 39.0 Å². The van der Waals surface area contributed by atoms with Gasteiger partial charge in [0.05, 0.1) is 5.39 Å². The van der Waals surface area contributed by atoms with Gasteiger partial charge in [-0.2, -0.15) is 4.98 Å². The predicted molar refractivity (Wildman–Crippen MR) is 82.4 cm³/mol. The van der Waals surface area contributed by atoms with Gasteiger partial charge in [0.25, 0.3) is 0 Å². The molecule has 0 unspecified atom stereocenters. The molecule has 0 N–H and O–H groups in total. The average molecular weight is 296 g/mol. The zero-order chi connectivity index (χ0) is 13.4. The molecule has 1 fully saturated rings. The molecule has 0 atom stereocenters. The molecule has 2 aromatic heterocycles. The first-order valence-corrected chi connectivity index (χ1v) is 8.05. The lowest BCUT2D eigenvalue weighted by atomic mass is 10.2. The lowest BCUT2D eigenvalue weighted by Gasteiger charge is -2.23. The van der Waals surface area contributed by atoms with Crippen molar-refractivity contribution in [2.75, 3.05) is 18.0 Å². The van der Waals surface area contributed by atoms with Crippen molar-refractivity contribution in [3.8, 4) is 0 Å². The van der Waals surface area contributed by atoms with Crippen LogP contribution in [0.1, 0.15) is 31.1 Å². The third-order valence-corrected chi connectivity index (χ3v) is 4.55. The van der Waals surface area contributed by atoms with Crippen LogP contribution in [0, 0.1) is 12.8 Å². The van der Waals surface area contributed by atoms with E-state index < -0.39 is 0 Å². The summed E-state index contributed by atoms with van der Waals surface area (Å²) in [4.78, 5) is 13.5. The van der Waals surface area contributed by atoms with Gasteiger partial charge in [0.2, 0.25) is 5.28 Å². The summed E-state index contributed by atoms with van der Waals surface area (Å²) in [6.07, 6.45) is 3.83. The Kier molecular flexibility index (Phi) is 3.63. The molecule has 1 saturated carbocycles. The molecule has 3 rings (SSSR count). The van der Waals surface area contributed by atoms with Gasteiger partial charge in [-0.1, -0.05) is 6.92 Å². The third-order valence-electron chi connectivity index (χ3n) is 3.44. The van der Waals surface area contributed by atoms with E-state index in [9.17, 15) is 0 Å². The van der Waals surface area contributed by atoms with Crippen LogP contribution in [0.5, 0.6) is 0 Å². The molecule has 1 aliphatic carbocycles. The summed E-state index contributed by atoms with van der Waals surface area (Å²) in [6.45, 7) is 6.45. The number of anilines is 1. The number of aryl methyl sites for hydroxylation is 1. The molecular formula is C14H18ClN3S. The SMILES string of the molecule is CCCN(CC1CC1)c1nc(Cl)nc2sc(C)cc12. The van der Waals surface area contributed by atoms with Gasteiger partial charge in [-0.3, -0.25) is 0 Å². The van der Waals surface area contributed by atoms with Crippen molar-refractivity contribution in [1.29, 1.82) is 0 Å². The maximum Gasteiger partial charge on any atom is 0.225 e. The maximum atomic E-state index is 6.09. The second-order valence-electron chi connectivity index (χ2n) is 5.28. The van der Waals surface area contributed by atoms with Gasteiger partial charge >= 0.3 is 0 Å². The smallest absolute Gasteiger partial charge is 0.225 e. The molecule has 0 aromatic carbocycles. The number of halogens is 1. The van der Waals surface area contributed by atoms with Crippen LogP contribution in [0.2, 0.25) is 5.28 Å². The van der Waals surface area contributed by atoms with E-state index in [0.717, 1.165) is 41.5 Å². The molecule has 102 valence electrons. The fourth-order valence-corrected chi connectivity index (χ4v) is 3.50. The third kappa shape index (κ3) is 2.84. The standard InChI is InChI=1S/C14H18ClN3S/c1-3-6-18(8-10-4-5-10)12-11-7-9(2)19-13(11)17-14(15)16-12/h7,10H,3-6,8H2,1-2H3. The highest BCUT2D eigenvalue weighted by Gasteiger charge is 2.26. The molecular weight excluding hydrogens is 278 g/mol. The second kappa shape index (κ2) is 5.25. The van der Waals surface area contributed by atoms with Crippen LogP contribution in [0.15, 0.2) is 6.07 Å². The van der Waals surface area contributed by atoms with Crippen molar-refractivity contribution in [1.82, 2.24) is 9.97 Å². The summed E-state index contributed by atoms with van der Waals surface area (Å²) in [6, 6.07) is 2.18. The summed E-state index contributed by atoms with van der Waals surface area (Å²) < 4.78 is 0. The Hall–Kier alpha value is -0.870. The Labute approximate surface area is 122 Å². The molecule has 0 spiro atoms. The molecule has 2 heterocycles. The number of aromatic nitrogens is 2. The molecule has 0 aliphatic heterocycles. The van der Waals surface area contributed by atoms with Crippen LogP contribution in [-0.4, -0.2) is 23.1 Å². The first-order chi connectivity index (χ1) is 9.17. The minimum Gasteiger partial charge on any atom is -0.356 e.